The van der Waals surface area contributed by atoms with Crippen LogP contribution < -0.4 is 5.90 Å². The minimum absolute atomic E-state index is 0.209. The first-order valence-electron chi connectivity index (χ1n) is 3.18. The molecule has 8 nitrogen and oxygen atoms in total. The predicted molar refractivity (Wildman–Crippen MR) is 42.7 cm³/mol. The van der Waals surface area contributed by atoms with Gasteiger partial charge in [0.05, 0.1) is 0 Å². The fraction of sp³-hybridized carbons (Fsp3) is 1.00. The Kier molecular flexibility index (Phi) is 4.71. The number of rotatable bonds is 5. The van der Waals surface area contributed by atoms with E-state index in [1.807, 2.05) is 0 Å². The summed E-state index contributed by atoms with van der Waals surface area (Å²) in [5, 5.41) is 6.38. The lowest BCUT2D eigenvalue weighted by atomic mass is 10.6. The van der Waals surface area contributed by atoms with Crippen LogP contribution in [0.5, 0.6) is 0 Å². The Morgan fingerprint density at radius 2 is 1.92 bits per heavy atom. The lowest BCUT2D eigenvalue weighted by Gasteiger charge is -2.21. The third-order valence-corrected chi connectivity index (χ3v) is 5.89. The number of nitrogens with two attached hydrogens (primary N) is 1. The van der Waals surface area contributed by atoms with Gasteiger partial charge in [0.15, 0.2) is 5.40 Å². The van der Waals surface area contributed by atoms with Crippen molar-refractivity contribution in [3.05, 3.63) is 0 Å². The molecule has 0 aromatic heterocycles. The standard InChI is InChI=1S/C3H11NO7P2/c1-2-3(12(6,7)8)13(9,10-4)11-5/h3,5H,2,4H2,1H3,(H2,6,7,8). The second-order valence-electron chi connectivity index (χ2n) is 2.20. The van der Waals surface area contributed by atoms with Gasteiger partial charge in [-0.05, 0) is 6.42 Å². The highest BCUT2D eigenvalue weighted by atomic mass is 31.2. The summed E-state index contributed by atoms with van der Waals surface area (Å²) in [6, 6.07) is 0. The lowest BCUT2D eigenvalue weighted by molar-refractivity contribution is -0.150. The fourth-order valence-corrected chi connectivity index (χ4v) is 3.76. The van der Waals surface area contributed by atoms with Crippen LogP contribution in [0.1, 0.15) is 13.3 Å². The summed E-state index contributed by atoms with van der Waals surface area (Å²) in [7, 11) is -9.03. The Balaban J connectivity index is 4.97. The first-order chi connectivity index (χ1) is 5.81. The molecule has 2 unspecified atom stereocenters. The Bertz CT molecular complexity index is 240. The maximum Gasteiger partial charge on any atom is 0.388 e. The predicted octanol–water partition coefficient (Wildman–Crippen LogP) is 0.473. The lowest BCUT2D eigenvalue weighted by Crippen LogP contribution is -2.14. The average molecular weight is 235 g/mol. The second kappa shape index (κ2) is 4.63. The maximum absolute atomic E-state index is 11.2. The van der Waals surface area contributed by atoms with Crippen LogP contribution >= 0.6 is 15.2 Å². The molecule has 0 aromatic rings. The van der Waals surface area contributed by atoms with E-state index in [1.54, 1.807) is 0 Å². The smallest absolute Gasteiger partial charge is 0.324 e. The largest absolute Gasteiger partial charge is 0.388 e. The van der Waals surface area contributed by atoms with E-state index in [4.69, 9.17) is 15.0 Å². The van der Waals surface area contributed by atoms with Crippen molar-refractivity contribution >= 4 is 15.2 Å². The van der Waals surface area contributed by atoms with Crippen molar-refractivity contribution in [3.63, 3.8) is 0 Å². The van der Waals surface area contributed by atoms with Crippen molar-refractivity contribution < 1.29 is 33.5 Å². The molecule has 0 saturated carbocycles. The Morgan fingerprint density at radius 1 is 1.46 bits per heavy atom. The van der Waals surface area contributed by atoms with Crippen LogP contribution in [0.4, 0.5) is 0 Å². The van der Waals surface area contributed by atoms with Crippen molar-refractivity contribution in [1.82, 2.24) is 0 Å². The summed E-state index contributed by atoms with van der Waals surface area (Å²) in [4.78, 5) is 17.4. The van der Waals surface area contributed by atoms with Gasteiger partial charge in [-0.2, -0.15) is 0 Å². The molecule has 0 aliphatic rings. The molecular weight excluding hydrogens is 224 g/mol. The molecule has 0 bridgehead atoms. The minimum Gasteiger partial charge on any atom is -0.324 e. The van der Waals surface area contributed by atoms with E-state index >= 15 is 0 Å². The molecule has 0 aliphatic carbocycles. The third kappa shape index (κ3) is 3.12. The minimum atomic E-state index is -4.68. The molecule has 0 radical (unpaired) electrons. The van der Waals surface area contributed by atoms with Gasteiger partial charge in [0, 0.05) is 0 Å². The number of hydrogen-bond acceptors (Lipinski definition) is 6. The molecule has 80 valence electrons. The van der Waals surface area contributed by atoms with E-state index in [9.17, 15) is 9.13 Å². The van der Waals surface area contributed by atoms with E-state index in [2.05, 4.69) is 15.2 Å². The van der Waals surface area contributed by atoms with Crippen molar-refractivity contribution in [2.24, 2.45) is 5.90 Å². The van der Waals surface area contributed by atoms with Gasteiger partial charge in [0.25, 0.3) is 0 Å². The Morgan fingerprint density at radius 3 is 2.00 bits per heavy atom. The molecule has 10 heteroatoms. The summed E-state index contributed by atoms with van der Waals surface area (Å²) in [6.45, 7) is 1.34. The van der Waals surface area contributed by atoms with E-state index in [1.165, 1.54) is 6.92 Å². The van der Waals surface area contributed by atoms with Crippen LogP contribution in [0.15, 0.2) is 0 Å². The van der Waals surface area contributed by atoms with Crippen molar-refractivity contribution in [1.29, 1.82) is 0 Å². The van der Waals surface area contributed by atoms with Crippen LogP contribution in [-0.2, 0) is 18.4 Å². The molecule has 0 heterocycles. The maximum atomic E-state index is 11.2. The van der Waals surface area contributed by atoms with Crippen LogP contribution in [0.25, 0.3) is 0 Å². The van der Waals surface area contributed by atoms with E-state index < -0.39 is 20.6 Å². The van der Waals surface area contributed by atoms with E-state index in [0.29, 0.717) is 0 Å². The zero-order chi connectivity index (χ0) is 10.7. The fourth-order valence-electron chi connectivity index (χ4n) is 0.790. The van der Waals surface area contributed by atoms with Crippen molar-refractivity contribution in [2.75, 3.05) is 0 Å². The summed E-state index contributed by atoms with van der Waals surface area (Å²) in [5.41, 5.74) is 0. The zero-order valence-electron chi connectivity index (χ0n) is 6.73. The first-order valence-corrected chi connectivity index (χ1v) is 6.47. The molecule has 5 N–H and O–H groups in total. The van der Waals surface area contributed by atoms with Gasteiger partial charge >= 0.3 is 15.2 Å². The normalized spacial score (nSPS) is 19.5. The molecule has 0 saturated heterocycles. The van der Waals surface area contributed by atoms with Crippen LogP contribution in [-0.4, -0.2) is 20.4 Å². The third-order valence-electron chi connectivity index (χ3n) is 1.38. The highest BCUT2D eigenvalue weighted by Crippen LogP contribution is 2.65. The molecule has 13 heavy (non-hydrogen) atoms. The van der Waals surface area contributed by atoms with Crippen LogP contribution in [0.3, 0.4) is 0 Å². The molecule has 0 aromatic carbocycles. The van der Waals surface area contributed by atoms with Gasteiger partial charge in [-0.1, -0.05) is 6.92 Å². The van der Waals surface area contributed by atoms with Crippen LogP contribution in [0, 0.1) is 0 Å². The highest BCUT2D eigenvalue weighted by Gasteiger charge is 2.46. The van der Waals surface area contributed by atoms with Gasteiger partial charge < -0.3 is 9.79 Å². The highest BCUT2D eigenvalue weighted by molar-refractivity contribution is 7.71. The molecule has 0 aliphatic heterocycles. The van der Waals surface area contributed by atoms with Gasteiger partial charge in [0.1, 0.15) is 0 Å². The quantitative estimate of drug-likeness (QED) is 0.306. The monoisotopic (exact) mass is 235 g/mol. The number of hydrogen-bond donors (Lipinski definition) is 4. The average Bonchev–Trinajstić information content (AvgIpc) is 2.02. The summed E-state index contributed by atoms with van der Waals surface area (Å²) < 4.78 is 29.1. The SMILES string of the molecule is CCC(P(=O)(O)O)P(=O)(ON)OO. The van der Waals surface area contributed by atoms with Gasteiger partial charge in [-0.3, -0.25) is 9.13 Å². The molecular formula is C3H11NO7P2. The summed E-state index contributed by atoms with van der Waals surface area (Å²) >= 11 is 0. The molecule has 0 rings (SSSR count). The molecule has 0 amide bonds. The van der Waals surface area contributed by atoms with E-state index in [0.717, 1.165) is 0 Å². The van der Waals surface area contributed by atoms with Crippen LogP contribution in [0.2, 0.25) is 0 Å². The summed E-state index contributed by atoms with van der Waals surface area (Å²) in [5.74, 6) is 4.50. The van der Waals surface area contributed by atoms with E-state index in [-0.39, 0.29) is 6.42 Å². The van der Waals surface area contributed by atoms with Crippen molar-refractivity contribution in [3.8, 4) is 0 Å². The zero-order valence-corrected chi connectivity index (χ0v) is 8.52. The van der Waals surface area contributed by atoms with Crippen molar-refractivity contribution in [2.45, 2.75) is 18.7 Å². The summed E-state index contributed by atoms with van der Waals surface area (Å²) in [6.07, 6.45) is -0.209. The Labute approximate surface area is 74.2 Å². The topological polar surface area (TPSA) is 139 Å². The second-order valence-corrected chi connectivity index (χ2v) is 6.49. The van der Waals surface area contributed by atoms with Gasteiger partial charge in [-0.25, -0.2) is 15.8 Å². The Hall–Kier alpha value is 0.220. The van der Waals surface area contributed by atoms with Gasteiger partial charge in [-0.15, -0.1) is 4.67 Å². The first kappa shape index (κ1) is 13.2. The molecule has 0 fully saturated rings. The van der Waals surface area contributed by atoms with Gasteiger partial charge in [0.2, 0.25) is 0 Å². The molecule has 0 spiro atoms. The molecule has 2 atom stereocenters.